The van der Waals surface area contributed by atoms with Crippen molar-refractivity contribution >= 4 is 17.8 Å². The lowest BCUT2D eigenvalue weighted by Crippen LogP contribution is -2.39. The molecule has 1 atom stereocenters. The van der Waals surface area contributed by atoms with E-state index in [1.165, 1.54) is 0 Å². The molecule has 1 saturated carbocycles. The van der Waals surface area contributed by atoms with Gasteiger partial charge in [-0.1, -0.05) is 0 Å². The largest absolute Gasteiger partial charge is 0.487 e. The zero-order valence-electron chi connectivity index (χ0n) is 13.9. The van der Waals surface area contributed by atoms with Gasteiger partial charge < -0.3 is 19.7 Å². The summed E-state index contributed by atoms with van der Waals surface area (Å²) in [4.78, 5) is 32.4. The molecule has 8 nitrogen and oxygen atoms in total. The first-order valence-electron chi connectivity index (χ1n) is 8.77. The number of carbonyl (C=O) groups excluding carboxylic acids is 2. The van der Waals surface area contributed by atoms with E-state index in [0.717, 1.165) is 25.1 Å². The minimum absolute atomic E-state index is 0.0391. The van der Waals surface area contributed by atoms with Crippen LogP contribution >= 0.6 is 0 Å². The number of carbonyl (C=O) groups is 2. The molecule has 25 heavy (non-hydrogen) atoms. The predicted molar refractivity (Wildman–Crippen MR) is 87.7 cm³/mol. The summed E-state index contributed by atoms with van der Waals surface area (Å²) in [6, 6.07) is 1.81. The van der Waals surface area contributed by atoms with E-state index in [-0.39, 0.29) is 23.6 Å². The Hall–Kier alpha value is -2.51. The molecular formula is C17H20N4O4. The zero-order valence-corrected chi connectivity index (χ0v) is 13.9. The Morgan fingerprint density at radius 3 is 2.96 bits per heavy atom. The monoisotopic (exact) mass is 344 g/mol. The first-order valence-corrected chi connectivity index (χ1v) is 8.77. The van der Waals surface area contributed by atoms with E-state index < -0.39 is 0 Å². The number of amides is 2. The first-order chi connectivity index (χ1) is 12.1. The van der Waals surface area contributed by atoms with Crippen LogP contribution in [-0.4, -0.2) is 71.2 Å². The lowest BCUT2D eigenvalue weighted by atomic mass is 10.2. The maximum absolute atomic E-state index is 12.8. The molecule has 1 aromatic heterocycles. The Balaban J connectivity index is 1.29. The van der Waals surface area contributed by atoms with E-state index in [4.69, 9.17) is 9.47 Å². The van der Waals surface area contributed by atoms with E-state index in [1.807, 2.05) is 0 Å². The predicted octanol–water partition coefficient (Wildman–Crippen LogP) is 1.09. The quantitative estimate of drug-likeness (QED) is 0.864. The molecule has 1 N–H and O–H groups in total. The van der Waals surface area contributed by atoms with Gasteiger partial charge in [-0.25, -0.2) is 9.78 Å². The molecule has 4 aliphatic rings. The standard InChI is InChI=1S/C17H20N4O4/c22-15(20-4-1-12(9-20)21-5-6-24-16(21)23)11-7-13-14(18-8-11)19-17(2-3-17)10-25-13/h7-8,12H,1-6,9-10H2,(H,18,19)/t12-/m0/s1. The number of rotatable bonds is 2. The highest BCUT2D eigenvalue weighted by Crippen LogP contribution is 2.44. The molecule has 8 heteroatoms. The van der Waals surface area contributed by atoms with Gasteiger partial charge in [0.1, 0.15) is 13.2 Å². The Kier molecular flexibility index (Phi) is 3.10. The molecule has 1 aromatic rings. The number of nitrogens with zero attached hydrogens (tertiary/aromatic N) is 3. The van der Waals surface area contributed by atoms with E-state index in [1.54, 1.807) is 22.1 Å². The first kappa shape index (κ1) is 14.8. The fourth-order valence-corrected chi connectivity index (χ4v) is 3.79. The van der Waals surface area contributed by atoms with Crippen molar-refractivity contribution in [3.8, 4) is 5.75 Å². The van der Waals surface area contributed by atoms with Gasteiger partial charge in [-0.15, -0.1) is 0 Å². The average Bonchev–Trinajstić information content (AvgIpc) is 3.02. The van der Waals surface area contributed by atoms with Crippen molar-refractivity contribution in [3.63, 3.8) is 0 Å². The maximum Gasteiger partial charge on any atom is 0.410 e. The van der Waals surface area contributed by atoms with Gasteiger partial charge in [0.2, 0.25) is 0 Å². The third-order valence-electron chi connectivity index (χ3n) is 5.52. The SMILES string of the molecule is O=C(c1cnc2c(c1)OCC1(CC1)N2)N1CC[C@H](N2CCOC2=O)C1. The Labute approximate surface area is 145 Å². The number of cyclic esters (lactones) is 1. The number of aromatic nitrogens is 1. The molecule has 1 spiro atoms. The summed E-state index contributed by atoms with van der Waals surface area (Å²) in [5, 5.41) is 3.41. The number of likely N-dealkylation sites (tertiary alicyclic amines) is 1. The molecule has 1 aliphatic carbocycles. The summed E-state index contributed by atoms with van der Waals surface area (Å²) < 4.78 is 10.8. The number of hydrogen-bond acceptors (Lipinski definition) is 6. The van der Waals surface area contributed by atoms with Gasteiger partial charge in [0.05, 0.1) is 23.7 Å². The third-order valence-corrected chi connectivity index (χ3v) is 5.52. The van der Waals surface area contributed by atoms with Crippen molar-refractivity contribution in [2.75, 3.05) is 38.2 Å². The lowest BCUT2D eigenvalue weighted by molar-refractivity contribution is 0.0779. The van der Waals surface area contributed by atoms with Gasteiger partial charge in [0.25, 0.3) is 5.91 Å². The summed E-state index contributed by atoms with van der Waals surface area (Å²) in [6.45, 7) is 2.83. The number of hydrogen-bond donors (Lipinski definition) is 1. The van der Waals surface area contributed by atoms with Gasteiger partial charge in [0.15, 0.2) is 11.6 Å². The summed E-state index contributed by atoms with van der Waals surface area (Å²) in [5.74, 6) is 1.29. The number of ether oxygens (including phenoxy) is 2. The number of anilines is 1. The lowest BCUT2D eigenvalue weighted by Gasteiger charge is -2.27. The van der Waals surface area contributed by atoms with Crippen molar-refractivity contribution in [3.05, 3.63) is 17.8 Å². The number of fused-ring (bicyclic) bond motifs is 1. The molecule has 2 saturated heterocycles. The number of nitrogens with one attached hydrogen (secondary N) is 1. The van der Waals surface area contributed by atoms with Gasteiger partial charge in [0, 0.05) is 19.3 Å². The summed E-state index contributed by atoms with van der Waals surface area (Å²) in [7, 11) is 0. The smallest absolute Gasteiger partial charge is 0.410 e. The van der Waals surface area contributed by atoms with Crippen molar-refractivity contribution in [1.82, 2.24) is 14.8 Å². The highest BCUT2D eigenvalue weighted by Gasteiger charge is 2.47. The summed E-state index contributed by atoms with van der Waals surface area (Å²) in [5.41, 5.74) is 0.592. The van der Waals surface area contributed by atoms with Gasteiger partial charge in [-0.2, -0.15) is 0 Å². The molecule has 0 radical (unpaired) electrons. The normalized spacial score (nSPS) is 26.1. The Morgan fingerprint density at radius 2 is 2.20 bits per heavy atom. The van der Waals surface area contributed by atoms with Crippen molar-refractivity contribution in [1.29, 1.82) is 0 Å². The minimum atomic E-state index is -0.275. The van der Waals surface area contributed by atoms with Crippen molar-refractivity contribution < 1.29 is 19.1 Å². The second-order valence-electron chi connectivity index (χ2n) is 7.27. The van der Waals surface area contributed by atoms with Crippen molar-refractivity contribution in [2.45, 2.75) is 30.8 Å². The zero-order chi connectivity index (χ0) is 17.0. The minimum Gasteiger partial charge on any atom is -0.487 e. The van der Waals surface area contributed by atoms with Crippen LogP contribution in [0.3, 0.4) is 0 Å². The topological polar surface area (TPSA) is 84.0 Å². The summed E-state index contributed by atoms with van der Waals surface area (Å²) in [6.07, 6.45) is 4.31. The van der Waals surface area contributed by atoms with Crippen LogP contribution in [0.15, 0.2) is 12.3 Å². The van der Waals surface area contributed by atoms with Crippen LogP contribution in [0.1, 0.15) is 29.6 Å². The van der Waals surface area contributed by atoms with Crippen LogP contribution in [-0.2, 0) is 4.74 Å². The summed E-state index contributed by atoms with van der Waals surface area (Å²) >= 11 is 0. The molecule has 3 aliphatic heterocycles. The highest BCUT2D eigenvalue weighted by molar-refractivity contribution is 5.95. The fraction of sp³-hybridized carbons (Fsp3) is 0.588. The molecule has 3 fully saturated rings. The van der Waals surface area contributed by atoms with Crippen LogP contribution in [0.2, 0.25) is 0 Å². The molecule has 0 unspecified atom stereocenters. The van der Waals surface area contributed by atoms with Crippen LogP contribution in [0, 0.1) is 0 Å². The third kappa shape index (κ3) is 2.47. The van der Waals surface area contributed by atoms with E-state index in [9.17, 15) is 9.59 Å². The van der Waals surface area contributed by atoms with Crippen LogP contribution in [0.4, 0.5) is 10.6 Å². The molecule has 0 aromatic carbocycles. The highest BCUT2D eigenvalue weighted by atomic mass is 16.6. The molecule has 4 heterocycles. The molecule has 132 valence electrons. The van der Waals surface area contributed by atoms with E-state index in [0.29, 0.717) is 44.2 Å². The van der Waals surface area contributed by atoms with Gasteiger partial charge in [-0.05, 0) is 25.3 Å². The van der Waals surface area contributed by atoms with Crippen LogP contribution in [0.5, 0.6) is 5.75 Å². The Morgan fingerprint density at radius 1 is 1.32 bits per heavy atom. The van der Waals surface area contributed by atoms with E-state index >= 15 is 0 Å². The fourth-order valence-electron chi connectivity index (χ4n) is 3.79. The van der Waals surface area contributed by atoms with Gasteiger partial charge in [-0.3, -0.25) is 9.69 Å². The van der Waals surface area contributed by atoms with Crippen LogP contribution in [0.25, 0.3) is 0 Å². The van der Waals surface area contributed by atoms with Crippen LogP contribution < -0.4 is 10.1 Å². The maximum atomic E-state index is 12.8. The second kappa shape index (κ2) is 5.24. The molecule has 5 rings (SSSR count). The average molecular weight is 344 g/mol. The number of pyridine rings is 1. The van der Waals surface area contributed by atoms with Gasteiger partial charge >= 0.3 is 6.09 Å². The second-order valence-corrected chi connectivity index (χ2v) is 7.27. The molecular weight excluding hydrogens is 324 g/mol. The van der Waals surface area contributed by atoms with Crippen molar-refractivity contribution in [2.24, 2.45) is 0 Å². The van der Waals surface area contributed by atoms with E-state index in [2.05, 4.69) is 10.3 Å². The molecule has 2 amide bonds. The Bertz CT molecular complexity index is 748. The molecule has 0 bridgehead atoms.